The van der Waals surface area contributed by atoms with Gasteiger partial charge in [0.25, 0.3) is 0 Å². The molecule has 0 bridgehead atoms. The molecule has 0 atom stereocenters. The number of likely N-dealkylation sites (tertiary alicyclic amines) is 1. The van der Waals surface area contributed by atoms with Gasteiger partial charge in [0.1, 0.15) is 5.82 Å². The summed E-state index contributed by atoms with van der Waals surface area (Å²) in [6, 6.07) is 8.45. The Morgan fingerprint density at radius 3 is 2.93 bits per heavy atom. The van der Waals surface area contributed by atoms with Gasteiger partial charge >= 0.3 is 6.03 Å². The first-order chi connectivity index (χ1) is 13.2. The number of carbonyl (C=O) groups excluding carboxylic acids is 1. The van der Waals surface area contributed by atoms with Crippen LogP contribution in [0.3, 0.4) is 0 Å². The summed E-state index contributed by atoms with van der Waals surface area (Å²) in [7, 11) is 0. The molecule has 7 heteroatoms. The zero-order valence-electron chi connectivity index (χ0n) is 15.5. The molecule has 1 aliphatic rings. The fourth-order valence-electron chi connectivity index (χ4n) is 3.74. The maximum absolute atomic E-state index is 12.4. The standard InChI is InChI=1S/C20H24N6O/c1-2-18-23-19(25-24-18)13-22-20(27)26-10-7-14(8-11-26)16-5-3-4-15-12-21-9-6-17(15)16/h3-6,9,12,14H,2,7-8,10-11,13H2,1H3,(H,22,27)(H,23,24,25). The van der Waals surface area contributed by atoms with Gasteiger partial charge in [-0.1, -0.05) is 25.1 Å². The van der Waals surface area contributed by atoms with E-state index in [4.69, 9.17) is 0 Å². The lowest BCUT2D eigenvalue weighted by molar-refractivity contribution is 0.181. The molecule has 1 aromatic carbocycles. The summed E-state index contributed by atoms with van der Waals surface area (Å²) < 4.78 is 0. The number of aromatic amines is 1. The molecule has 27 heavy (non-hydrogen) atoms. The highest BCUT2D eigenvalue weighted by atomic mass is 16.2. The Labute approximate surface area is 158 Å². The number of fused-ring (bicyclic) bond motifs is 1. The molecule has 0 saturated carbocycles. The van der Waals surface area contributed by atoms with Crippen molar-refractivity contribution in [3.63, 3.8) is 0 Å². The molecule has 2 amide bonds. The van der Waals surface area contributed by atoms with E-state index in [1.165, 1.54) is 16.3 Å². The molecule has 0 aliphatic carbocycles. The number of pyridine rings is 1. The SMILES string of the molecule is CCc1n[nH]c(CNC(=O)N2CCC(c3cccc4cnccc34)CC2)n1. The van der Waals surface area contributed by atoms with Crippen molar-refractivity contribution in [2.75, 3.05) is 13.1 Å². The van der Waals surface area contributed by atoms with Crippen molar-refractivity contribution in [2.45, 2.75) is 38.6 Å². The number of nitrogens with one attached hydrogen (secondary N) is 2. The van der Waals surface area contributed by atoms with Gasteiger partial charge in [-0.25, -0.2) is 9.78 Å². The highest BCUT2D eigenvalue weighted by Crippen LogP contribution is 2.32. The summed E-state index contributed by atoms with van der Waals surface area (Å²) in [5, 5.41) is 12.3. The lowest BCUT2D eigenvalue weighted by Gasteiger charge is -2.32. The van der Waals surface area contributed by atoms with E-state index >= 15 is 0 Å². The molecule has 4 rings (SSSR count). The molecule has 1 saturated heterocycles. The van der Waals surface area contributed by atoms with E-state index in [0.717, 1.165) is 38.2 Å². The molecule has 0 spiro atoms. The molecule has 0 radical (unpaired) electrons. The van der Waals surface area contributed by atoms with Crippen LogP contribution in [0.15, 0.2) is 36.7 Å². The summed E-state index contributed by atoms with van der Waals surface area (Å²) >= 11 is 0. The Kier molecular flexibility index (Phi) is 5.00. The molecule has 140 valence electrons. The van der Waals surface area contributed by atoms with Crippen LogP contribution in [0.25, 0.3) is 10.8 Å². The van der Waals surface area contributed by atoms with Crippen molar-refractivity contribution in [3.8, 4) is 0 Å². The maximum atomic E-state index is 12.4. The third-order valence-corrected chi connectivity index (χ3v) is 5.24. The second-order valence-corrected chi connectivity index (χ2v) is 6.92. The maximum Gasteiger partial charge on any atom is 0.317 e. The van der Waals surface area contributed by atoms with E-state index in [1.54, 1.807) is 0 Å². The average molecular weight is 364 g/mol. The van der Waals surface area contributed by atoms with E-state index in [1.807, 2.05) is 24.2 Å². The number of hydrogen-bond acceptors (Lipinski definition) is 4. The second kappa shape index (κ2) is 7.73. The van der Waals surface area contributed by atoms with Crippen molar-refractivity contribution in [1.82, 2.24) is 30.4 Å². The first-order valence-electron chi connectivity index (χ1n) is 9.50. The predicted molar refractivity (Wildman–Crippen MR) is 103 cm³/mol. The summed E-state index contributed by atoms with van der Waals surface area (Å²) in [5.41, 5.74) is 1.36. The minimum absolute atomic E-state index is 0.0370. The van der Waals surface area contributed by atoms with Gasteiger partial charge in [-0.15, -0.1) is 0 Å². The van der Waals surface area contributed by atoms with Crippen LogP contribution in [-0.2, 0) is 13.0 Å². The van der Waals surface area contributed by atoms with Gasteiger partial charge in [0.15, 0.2) is 5.82 Å². The lowest BCUT2D eigenvalue weighted by Crippen LogP contribution is -2.44. The molecule has 2 N–H and O–H groups in total. The number of piperidine rings is 1. The molecule has 1 aliphatic heterocycles. The van der Waals surface area contributed by atoms with E-state index in [0.29, 0.717) is 18.3 Å². The topological polar surface area (TPSA) is 86.8 Å². The third-order valence-electron chi connectivity index (χ3n) is 5.24. The predicted octanol–water partition coefficient (Wildman–Crippen LogP) is 3.00. The normalized spacial score (nSPS) is 15.2. The van der Waals surface area contributed by atoms with Gasteiger partial charge < -0.3 is 10.2 Å². The van der Waals surface area contributed by atoms with E-state index in [-0.39, 0.29) is 6.03 Å². The smallest absolute Gasteiger partial charge is 0.317 e. The van der Waals surface area contributed by atoms with E-state index in [9.17, 15) is 4.79 Å². The van der Waals surface area contributed by atoms with E-state index < -0.39 is 0 Å². The number of H-pyrrole nitrogens is 1. The monoisotopic (exact) mass is 364 g/mol. The summed E-state index contributed by atoms with van der Waals surface area (Å²) in [6.07, 6.45) is 6.48. The van der Waals surface area contributed by atoms with Crippen LogP contribution in [0.4, 0.5) is 4.79 Å². The minimum Gasteiger partial charge on any atom is -0.331 e. The summed E-state index contributed by atoms with van der Waals surface area (Å²) in [6.45, 7) is 3.90. The minimum atomic E-state index is -0.0370. The van der Waals surface area contributed by atoms with Crippen molar-refractivity contribution < 1.29 is 4.79 Å². The third kappa shape index (κ3) is 3.77. The van der Waals surface area contributed by atoms with Crippen LogP contribution in [0, 0.1) is 0 Å². The molecule has 1 fully saturated rings. The first kappa shape index (κ1) is 17.5. The van der Waals surface area contributed by atoms with Crippen LogP contribution >= 0.6 is 0 Å². The average Bonchev–Trinajstić information content (AvgIpc) is 3.20. The Morgan fingerprint density at radius 2 is 2.15 bits per heavy atom. The van der Waals surface area contributed by atoms with Crippen molar-refractivity contribution >= 4 is 16.8 Å². The molecule has 3 heterocycles. The van der Waals surface area contributed by atoms with Gasteiger partial charge in [-0.05, 0) is 35.8 Å². The van der Waals surface area contributed by atoms with Crippen LogP contribution < -0.4 is 5.32 Å². The fourth-order valence-corrected chi connectivity index (χ4v) is 3.74. The van der Waals surface area contributed by atoms with Crippen LogP contribution in [0.1, 0.15) is 42.9 Å². The van der Waals surface area contributed by atoms with Gasteiger partial charge in [-0.3, -0.25) is 10.1 Å². The van der Waals surface area contributed by atoms with Gasteiger partial charge in [-0.2, -0.15) is 5.10 Å². The highest BCUT2D eigenvalue weighted by molar-refractivity contribution is 5.85. The van der Waals surface area contributed by atoms with Crippen molar-refractivity contribution in [2.24, 2.45) is 0 Å². The molecule has 3 aromatic rings. The molecule has 0 unspecified atom stereocenters. The van der Waals surface area contributed by atoms with E-state index in [2.05, 4.69) is 49.7 Å². The highest BCUT2D eigenvalue weighted by Gasteiger charge is 2.24. The second-order valence-electron chi connectivity index (χ2n) is 6.92. The Bertz CT molecular complexity index is 924. The van der Waals surface area contributed by atoms with Crippen molar-refractivity contribution in [3.05, 3.63) is 53.9 Å². The fraction of sp³-hybridized carbons (Fsp3) is 0.400. The number of aromatic nitrogens is 4. The van der Waals surface area contributed by atoms with Gasteiger partial charge in [0, 0.05) is 37.3 Å². The molecular formula is C20H24N6O. The Hall–Kier alpha value is -2.96. The molecule has 2 aromatic heterocycles. The summed E-state index contributed by atoms with van der Waals surface area (Å²) in [5.74, 6) is 1.94. The number of carbonyl (C=O) groups is 1. The van der Waals surface area contributed by atoms with Crippen molar-refractivity contribution in [1.29, 1.82) is 0 Å². The van der Waals surface area contributed by atoms with Gasteiger partial charge in [0.2, 0.25) is 0 Å². The van der Waals surface area contributed by atoms with Crippen LogP contribution in [-0.4, -0.2) is 44.2 Å². The number of rotatable bonds is 4. The number of benzene rings is 1. The molecular weight excluding hydrogens is 340 g/mol. The number of amides is 2. The Morgan fingerprint density at radius 1 is 1.30 bits per heavy atom. The molecule has 7 nitrogen and oxygen atoms in total. The number of urea groups is 1. The first-order valence-corrected chi connectivity index (χ1v) is 9.50. The largest absolute Gasteiger partial charge is 0.331 e. The zero-order valence-corrected chi connectivity index (χ0v) is 15.5. The number of nitrogens with zero attached hydrogens (tertiary/aromatic N) is 4. The van der Waals surface area contributed by atoms with Gasteiger partial charge in [0.05, 0.1) is 6.54 Å². The number of aryl methyl sites for hydroxylation is 1. The Balaban J connectivity index is 1.35. The summed E-state index contributed by atoms with van der Waals surface area (Å²) in [4.78, 5) is 22.9. The number of hydrogen-bond donors (Lipinski definition) is 2. The lowest BCUT2D eigenvalue weighted by atomic mass is 9.87. The zero-order chi connectivity index (χ0) is 18.6. The quantitative estimate of drug-likeness (QED) is 0.745. The van der Waals surface area contributed by atoms with Crippen LogP contribution in [0.5, 0.6) is 0 Å². The van der Waals surface area contributed by atoms with Crippen LogP contribution in [0.2, 0.25) is 0 Å².